The summed E-state index contributed by atoms with van der Waals surface area (Å²) in [5.74, 6) is -2.44. The summed E-state index contributed by atoms with van der Waals surface area (Å²) in [6, 6.07) is 16.5. The first-order chi connectivity index (χ1) is 16.7. The molecule has 0 atom stereocenters. The highest BCUT2D eigenvalue weighted by atomic mass is 16.4. The Morgan fingerprint density at radius 2 is 1.54 bits per heavy atom. The molecule has 0 saturated heterocycles. The molecule has 11 heteroatoms. The number of nitrogens with one attached hydrogen (secondary N) is 2. The molecule has 3 rings (SSSR count). The number of nitrogens with two attached hydrogens (primary N) is 1. The van der Waals surface area contributed by atoms with Crippen LogP contribution in [0.1, 0.15) is 28.8 Å². The molecular weight excluding hydrogens is 454 g/mol. The molecule has 180 valence electrons. The van der Waals surface area contributed by atoms with E-state index in [0.29, 0.717) is 22.6 Å². The quantitative estimate of drug-likeness (QED) is 0.253. The van der Waals surface area contributed by atoms with Gasteiger partial charge < -0.3 is 26.6 Å². The minimum atomic E-state index is -1.08. The molecule has 11 nitrogen and oxygen atoms in total. The highest BCUT2D eigenvalue weighted by molar-refractivity contribution is 6.06. The van der Waals surface area contributed by atoms with Crippen LogP contribution in [0, 0.1) is 0 Å². The third-order valence-corrected chi connectivity index (χ3v) is 4.18. The van der Waals surface area contributed by atoms with Gasteiger partial charge in [0.15, 0.2) is 0 Å². The Morgan fingerprint density at radius 1 is 0.886 bits per heavy atom. The largest absolute Gasteiger partial charge is 0.481 e. The molecule has 0 aliphatic heterocycles. The van der Waals surface area contributed by atoms with E-state index < -0.39 is 18.0 Å². The molecule has 0 radical (unpaired) electrons. The number of hydrogen-bond acceptors (Lipinski definition) is 6. The number of nitrogen functional groups attached to an aromatic ring is 1. The van der Waals surface area contributed by atoms with Gasteiger partial charge in [0.1, 0.15) is 0 Å². The van der Waals surface area contributed by atoms with Crippen LogP contribution in [0.2, 0.25) is 0 Å². The summed E-state index contributed by atoms with van der Waals surface area (Å²) in [6.45, 7) is 0. The van der Waals surface area contributed by atoms with Crippen LogP contribution < -0.4 is 16.4 Å². The lowest BCUT2D eigenvalue weighted by atomic mass is 10.2. The molecule has 0 aliphatic rings. The molecule has 35 heavy (non-hydrogen) atoms. The first kappa shape index (κ1) is 26.2. The Kier molecular flexibility index (Phi) is 10.1. The van der Waals surface area contributed by atoms with Crippen molar-refractivity contribution < 1.29 is 29.4 Å². The molecule has 3 aromatic rings. The minimum absolute atomic E-state index is 0.291. The van der Waals surface area contributed by atoms with Gasteiger partial charge in [-0.1, -0.05) is 18.2 Å². The van der Waals surface area contributed by atoms with Gasteiger partial charge in [0.2, 0.25) is 0 Å². The summed E-state index contributed by atoms with van der Waals surface area (Å²) < 4.78 is 0. The zero-order valence-electron chi connectivity index (χ0n) is 18.4. The highest BCUT2D eigenvalue weighted by Gasteiger charge is 2.08. The van der Waals surface area contributed by atoms with Gasteiger partial charge in [-0.2, -0.15) is 0 Å². The van der Waals surface area contributed by atoms with Gasteiger partial charge in [-0.3, -0.25) is 19.4 Å². The third kappa shape index (κ3) is 9.95. The van der Waals surface area contributed by atoms with Crippen LogP contribution in [-0.2, 0) is 9.59 Å². The number of carbonyl (C=O) groups is 4. The molecule has 1 aromatic heterocycles. The Balaban J connectivity index is 0.000000466. The number of carbonyl (C=O) groups excluding carboxylic acids is 2. The monoisotopic (exact) mass is 477 g/mol. The topological polar surface area (TPSA) is 184 Å². The van der Waals surface area contributed by atoms with Crippen LogP contribution in [0.3, 0.4) is 0 Å². The van der Waals surface area contributed by atoms with E-state index in [4.69, 9.17) is 15.9 Å². The van der Waals surface area contributed by atoms with Gasteiger partial charge in [-0.25, -0.2) is 9.79 Å². The van der Waals surface area contributed by atoms with Crippen molar-refractivity contribution in [2.45, 2.75) is 12.8 Å². The predicted octanol–water partition coefficient (Wildman–Crippen LogP) is 3.50. The van der Waals surface area contributed by atoms with Crippen molar-refractivity contribution in [3.63, 3.8) is 0 Å². The van der Waals surface area contributed by atoms with E-state index in [1.54, 1.807) is 73.1 Å². The van der Waals surface area contributed by atoms with E-state index in [2.05, 4.69) is 20.6 Å². The second-order valence-corrected chi connectivity index (χ2v) is 6.88. The first-order valence-corrected chi connectivity index (χ1v) is 10.2. The smallest absolute Gasteiger partial charge is 0.345 e. The Bertz CT molecular complexity index is 1180. The third-order valence-electron chi connectivity index (χ3n) is 4.18. The van der Waals surface area contributed by atoms with Gasteiger partial charge in [-0.05, 0) is 42.5 Å². The van der Waals surface area contributed by atoms with Crippen molar-refractivity contribution in [3.8, 4) is 0 Å². The highest BCUT2D eigenvalue weighted by Crippen LogP contribution is 2.18. The fourth-order valence-electron chi connectivity index (χ4n) is 2.47. The maximum absolute atomic E-state index is 12.3. The van der Waals surface area contributed by atoms with Crippen molar-refractivity contribution in [1.82, 2.24) is 4.98 Å². The number of hydrogen-bond donors (Lipinski definition) is 5. The normalized spacial score (nSPS) is 10.1. The lowest BCUT2D eigenvalue weighted by molar-refractivity contribution is -0.143. The number of urea groups is 1. The second kappa shape index (κ2) is 13.5. The number of aliphatic carboxylic acids is 2. The van der Waals surface area contributed by atoms with Crippen LogP contribution in [0.25, 0.3) is 0 Å². The summed E-state index contributed by atoms with van der Waals surface area (Å²) in [4.78, 5) is 51.2. The van der Waals surface area contributed by atoms with Gasteiger partial charge in [-0.15, -0.1) is 0 Å². The lowest BCUT2D eigenvalue weighted by Gasteiger charge is -2.08. The van der Waals surface area contributed by atoms with E-state index in [0.717, 1.165) is 5.56 Å². The molecular formula is C24H23N5O6. The Morgan fingerprint density at radius 3 is 2.11 bits per heavy atom. The number of benzene rings is 2. The number of aromatic nitrogens is 1. The molecule has 1 heterocycles. The second-order valence-electron chi connectivity index (χ2n) is 6.88. The number of carboxylic acid groups (broad SMARTS) is 2. The number of aliphatic imine (C=N–C) groups is 1. The summed E-state index contributed by atoms with van der Waals surface area (Å²) in [5, 5.41) is 21.2. The standard InChI is InChI=1S/C20H17N5O2.C4H6O4/c21-17-5-1-2-6-18(17)25-19(26)15-7-9-16(10-8-15)24-20(27)23-13-14-4-3-11-22-12-14;5-3(6)1-2-4(7)8/h1-13H,21H2,(H,24,27)(H,25,26);1-2H2,(H,5,6)(H,7,8). The summed E-state index contributed by atoms with van der Waals surface area (Å²) >= 11 is 0. The van der Waals surface area contributed by atoms with Gasteiger partial charge in [0, 0.05) is 35.4 Å². The minimum Gasteiger partial charge on any atom is -0.481 e. The summed E-state index contributed by atoms with van der Waals surface area (Å²) in [5.41, 5.74) is 8.54. The number of pyridine rings is 1. The van der Waals surface area contributed by atoms with Crippen molar-refractivity contribution in [2.24, 2.45) is 4.99 Å². The Hall–Kier alpha value is -5.06. The number of carboxylic acids is 2. The number of nitrogens with zero attached hydrogens (tertiary/aromatic N) is 2. The van der Waals surface area contributed by atoms with Gasteiger partial charge in [0.25, 0.3) is 5.91 Å². The fraction of sp³-hybridized carbons (Fsp3) is 0.0833. The number of amides is 3. The van der Waals surface area contributed by atoms with E-state index in [1.165, 1.54) is 6.21 Å². The molecule has 0 fully saturated rings. The number of para-hydroxylation sites is 2. The zero-order valence-corrected chi connectivity index (χ0v) is 18.4. The SMILES string of the molecule is Nc1ccccc1NC(=O)c1ccc(NC(=O)N=Cc2cccnc2)cc1.O=C(O)CCC(=O)O. The number of rotatable bonds is 7. The average Bonchev–Trinajstić information content (AvgIpc) is 2.84. The summed E-state index contributed by atoms with van der Waals surface area (Å²) in [6.07, 6.45) is 4.07. The molecule has 6 N–H and O–H groups in total. The molecule has 0 aliphatic carbocycles. The van der Waals surface area contributed by atoms with E-state index in [1.807, 2.05) is 0 Å². The average molecular weight is 477 g/mol. The lowest BCUT2D eigenvalue weighted by Crippen LogP contribution is -2.13. The fourth-order valence-corrected chi connectivity index (χ4v) is 2.47. The van der Waals surface area contributed by atoms with Crippen molar-refractivity contribution in [3.05, 3.63) is 84.2 Å². The van der Waals surface area contributed by atoms with E-state index in [-0.39, 0.29) is 18.7 Å². The van der Waals surface area contributed by atoms with Gasteiger partial charge >= 0.3 is 18.0 Å². The maximum Gasteiger partial charge on any atom is 0.345 e. The van der Waals surface area contributed by atoms with E-state index in [9.17, 15) is 19.2 Å². The maximum atomic E-state index is 12.3. The van der Waals surface area contributed by atoms with Crippen LogP contribution >= 0.6 is 0 Å². The predicted molar refractivity (Wildman–Crippen MR) is 131 cm³/mol. The molecule has 0 bridgehead atoms. The van der Waals surface area contributed by atoms with Crippen molar-refractivity contribution in [1.29, 1.82) is 0 Å². The van der Waals surface area contributed by atoms with Crippen LogP contribution in [0.15, 0.2) is 78.0 Å². The number of anilines is 3. The van der Waals surface area contributed by atoms with Gasteiger partial charge in [0.05, 0.1) is 24.2 Å². The Labute approximate surface area is 200 Å². The first-order valence-electron chi connectivity index (χ1n) is 10.2. The van der Waals surface area contributed by atoms with Crippen molar-refractivity contribution in [2.75, 3.05) is 16.4 Å². The molecule has 0 spiro atoms. The molecule has 0 saturated carbocycles. The van der Waals surface area contributed by atoms with Crippen LogP contribution in [-0.4, -0.2) is 45.3 Å². The molecule has 0 unspecified atom stereocenters. The van der Waals surface area contributed by atoms with Crippen LogP contribution in [0.5, 0.6) is 0 Å². The van der Waals surface area contributed by atoms with Crippen LogP contribution in [0.4, 0.5) is 21.9 Å². The zero-order chi connectivity index (χ0) is 25.6. The molecule has 2 aromatic carbocycles. The van der Waals surface area contributed by atoms with Crippen molar-refractivity contribution >= 4 is 47.2 Å². The molecule has 3 amide bonds. The summed E-state index contributed by atoms with van der Waals surface area (Å²) in [7, 11) is 0. The van der Waals surface area contributed by atoms with E-state index >= 15 is 0 Å².